The summed E-state index contributed by atoms with van der Waals surface area (Å²) in [5.74, 6) is 0.674. The zero-order valence-corrected chi connectivity index (χ0v) is 15.6. The van der Waals surface area contributed by atoms with Crippen LogP contribution in [0.15, 0.2) is 40.4 Å². The van der Waals surface area contributed by atoms with Gasteiger partial charge in [0.15, 0.2) is 0 Å². The van der Waals surface area contributed by atoms with Gasteiger partial charge in [0, 0.05) is 5.69 Å². The summed E-state index contributed by atoms with van der Waals surface area (Å²) < 4.78 is 0. The first-order valence-corrected chi connectivity index (χ1v) is 9.91. The summed E-state index contributed by atoms with van der Waals surface area (Å²) in [6, 6.07) is 9.50. The highest BCUT2D eigenvalue weighted by atomic mass is 32.1. The van der Waals surface area contributed by atoms with Gasteiger partial charge in [0.25, 0.3) is 0 Å². The SMILES string of the molecule is CCCC[C@@H]1Cc2cc(/C(C)=C/S)ccc2N[C@H]1c1ccsc1. The number of unbranched alkanes of at least 4 members (excludes halogenated alkanes) is 1. The standard InChI is InChI=1S/C20H25NS2/c1-3-4-5-16-11-18-10-15(14(2)12-22)6-7-19(18)21-20(16)17-8-9-23-13-17/h6-10,12-13,16,20-22H,3-5,11H2,1-2H3/b14-12+/t16-,20-/m1/s1. The zero-order valence-electron chi connectivity index (χ0n) is 13.9. The van der Waals surface area contributed by atoms with Crippen molar-refractivity contribution < 1.29 is 0 Å². The first kappa shape index (κ1) is 16.7. The molecule has 23 heavy (non-hydrogen) atoms. The van der Waals surface area contributed by atoms with Gasteiger partial charge in [-0.25, -0.2) is 0 Å². The van der Waals surface area contributed by atoms with Gasteiger partial charge in [0.05, 0.1) is 6.04 Å². The Bertz CT molecular complexity index is 673. The molecule has 2 aromatic rings. The number of allylic oxidation sites excluding steroid dienone is 1. The van der Waals surface area contributed by atoms with E-state index in [1.54, 1.807) is 11.3 Å². The Labute approximate surface area is 149 Å². The summed E-state index contributed by atoms with van der Waals surface area (Å²) in [7, 11) is 0. The van der Waals surface area contributed by atoms with Crippen LogP contribution in [0.25, 0.3) is 5.57 Å². The topological polar surface area (TPSA) is 12.0 Å². The van der Waals surface area contributed by atoms with Crippen molar-refractivity contribution in [1.82, 2.24) is 0 Å². The van der Waals surface area contributed by atoms with Gasteiger partial charge in [0.2, 0.25) is 0 Å². The van der Waals surface area contributed by atoms with Gasteiger partial charge in [-0.05, 0) is 82.3 Å². The fourth-order valence-electron chi connectivity index (χ4n) is 3.45. The van der Waals surface area contributed by atoms with Crippen LogP contribution in [0.5, 0.6) is 0 Å². The number of thiophene rings is 1. The smallest absolute Gasteiger partial charge is 0.0553 e. The second-order valence-corrected chi connectivity index (χ2v) is 7.51. The minimum absolute atomic E-state index is 0.452. The van der Waals surface area contributed by atoms with Crippen molar-refractivity contribution in [3.63, 3.8) is 0 Å². The lowest BCUT2D eigenvalue weighted by atomic mass is 9.81. The molecule has 0 radical (unpaired) electrons. The van der Waals surface area contributed by atoms with Gasteiger partial charge in [-0.15, -0.1) is 0 Å². The molecule has 0 bridgehead atoms. The fourth-order valence-corrected chi connectivity index (χ4v) is 4.30. The zero-order chi connectivity index (χ0) is 16.2. The maximum atomic E-state index is 4.30. The number of thiol groups is 1. The second-order valence-electron chi connectivity index (χ2n) is 6.47. The third-order valence-corrected chi connectivity index (χ3v) is 5.94. The van der Waals surface area contributed by atoms with Crippen molar-refractivity contribution in [3.8, 4) is 0 Å². The highest BCUT2D eigenvalue weighted by molar-refractivity contribution is 7.83. The van der Waals surface area contributed by atoms with E-state index in [2.05, 4.69) is 66.8 Å². The monoisotopic (exact) mass is 343 g/mol. The van der Waals surface area contributed by atoms with Crippen molar-refractivity contribution >= 4 is 35.2 Å². The minimum atomic E-state index is 0.452. The van der Waals surface area contributed by atoms with Gasteiger partial charge >= 0.3 is 0 Å². The van der Waals surface area contributed by atoms with Crippen LogP contribution in [0.4, 0.5) is 5.69 Å². The van der Waals surface area contributed by atoms with Gasteiger partial charge in [0.1, 0.15) is 0 Å². The number of rotatable bonds is 5. The minimum Gasteiger partial charge on any atom is -0.378 e. The number of anilines is 1. The molecule has 3 heteroatoms. The molecule has 1 aromatic heterocycles. The Balaban J connectivity index is 1.91. The molecule has 3 rings (SSSR count). The highest BCUT2D eigenvalue weighted by Gasteiger charge is 2.29. The third-order valence-electron chi connectivity index (χ3n) is 4.85. The van der Waals surface area contributed by atoms with E-state index in [4.69, 9.17) is 0 Å². The Morgan fingerprint density at radius 2 is 2.26 bits per heavy atom. The molecule has 1 N–H and O–H groups in total. The predicted molar refractivity (Wildman–Crippen MR) is 106 cm³/mol. The summed E-state index contributed by atoms with van der Waals surface area (Å²) in [6.07, 6.45) is 5.02. The van der Waals surface area contributed by atoms with Crippen molar-refractivity contribution in [3.05, 3.63) is 57.1 Å². The first-order valence-electron chi connectivity index (χ1n) is 8.45. The Morgan fingerprint density at radius 3 is 2.96 bits per heavy atom. The van der Waals surface area contributed by atoms with Gasteiger partial charge in [-0.3, -0.25) is 0 Å². The molecule has 1 nitrogen and oxygen atoms in total. The average molecular weight is 344 g/mol. The molecule has 0 amide bonds. The van der Waals surface area contributed by atoms with Crippen molar-refractivity contribution in [1.29, 1.82) is 0 Å². The average Bonchev–Trinajstić information content (AvgIpc) is 3.12. The normalized spacial score (nSPS) is 20.9. The lowest BCUT2D eigenvalue weighted by molar-refractivity contribution is 0.395. The summed E-state index contributed by atoms with van der Waals surface area (Å²) >= 11 is 6.09. The largest absolute Gasteiger partial charge is 0.378 e. The van der Waals surface area contributed by atoms with E-state index in [-0.39, 0.29) is 0 Å². The molecule has 2 heterocycles. The highest BCUT2D eigenvalue weighted by Crippen LogP contribution is 2.40. The van der Waals surface area contributed by atoms with E-state index in [0.717, 1.165) is 6.42 Å². The van der Waals surface area contributed by atoms with E-state index < -0.39 is 0 Å². The summed E-state index contributed by atoms with van der Waals surface area (Å²) in [5, 5.41) is 10.2. The number of hydrogen-bond acceptors (Lipinski definition) is 3. The molecule has 0 saturated heterocycles. The molecule has 122 valence electrons. The van der Waals surface area contributed by atoms with Crippen LogP contribution in [-0.2, 0) is 6.42 Å². The lowest BCUT2D eigenvalue weighted by Crippen LogP contribution is -2.27. The van der Waals surface area contributed by atoms with Crippen molar-refractivity contribution in [2.45, 2.75) is 45.6 Å². The van der Waals surface area contributed by atoms with Crippen LogP contribution in [0.2, 0.25) is 0 Å². The number of fused-ring (bicyclic) bond motifs is 1. The van der Waals surface area contributed by atoms with Crippen molar-refractivity contribution in [2.75, 3.05) is 5.32 Å². The van der Waals surface area contributed by atoms with Crippen LogP contribution < -0.4 is 5.32 Å². The molecular weight excluding hydrogens is 318 g/mol. The van der Waals surface area contributed by atoms with Gasteiger partial charge < -0.3 is 5.32 Å². The fraction of sp³-hybridized carbons (Fsp3) is 0.400. The molecular formula is C20H25NS2. The maximum absolute atomic E-state index is 4.30. The van der Waals surface area contributed by atoms with Crippen LogP contribution in [0, 0.1) is 5.92 Å². The molecule has 0 fully saturated rings. The quantitative estimate of drug-likeness (QED) is 0.586. The number of nitrogens with one attached hydrogen (secondary N) is 1. The van der Waals surface area contributed by atoms with E-state index in [1.807, 2.05) is 5.41 Å². The maximum Gasteiger partial charge on any atom is 0.0553 e. The molecule has 1 aromatic carbocycles. The van der Waals surface area contributed by atoms with E-state index in [9.17, 15) is 0 Å². The van der Waals surface area contributed by atoms with Crippen LogP contribution in [0.3, 0.4) is 0 Å². The van der Waals surface area contributed by atoms with Crippen LogP contribution in [0.1, 0.15) is 55.8 Å². The molecule has 2 atom stereocenters. The van der Waals surface area contributed by atoms with Crippen LogP contribution in [-0.4, -0.2) is 0 Å². The molecule has 0 aliphatic carbocycles. The van der Waals surface area contributed by atoms with Gasteiger partial charge in [-0.2, -0.15) is 24.0 Å². The molecule has 0 unspecified atom stereocenters. The Hall–Kier alpha value is -1.19. The first-order chi connectivity index (χ1) is 11.2. The molecule has 1 aliphatic rings. The second kappa shape index (κ2) is 7.59. The summed E-state index contributed by atoms with van der Waals surface area (Å²) in [4.78, 5) is 0. The molecule has 0 saturated carbocycles. The summed E-state index contributed by atoms with van der Waals surface area (Å²) in [5.41, 5.74) is 6.69. The molecule has 0 spiro atoms. The van der Waals surface area contributed by atoms with Crippen LogP contribution >= 0.6 is 24.0 Å². The molecule has 1 aliphatic heterocycles. The Morgan fingerprint density at radius 1 is 1.39 bits per heavy atom. The van der Waals surface area contributed by atoms with E-state index in [1.165, 1.54) is 47.2 Å². The van der Waals surface area contributed by atoms with E-state index in [0.29, 0.717) is 12.0 Å². The van der Waals surface area contributed by atoms with Gasteiger partial charge in [-0.1, -0.05) is 25.8 Å². The van der Waals surface area contributed by atoms with Crippen molar-refractivity contribution in [2.24, 2.45) is 5.92 Å². The predicted octanol–water partition coefficient (Wildman–Crippen LogP) is 6.55. The van der Waals surface area contributed by atoms with E-state index >= 15 is 0 Å². The number of benzene rings is 1. The number of hydrogen-bond donors (Lipinski definition) is 2. The summed E-state index contributed by atoms with van der Waals surface area (Å²) in [6.45, 7) is 4.40. The Kier molecular flexibility index (Phi) is 5.50. The lowest BCUT2D eigenvalue weighted by Gasteiger charge is -2.35. The third kappa shape index (κ3) is 3.67.